The van der Waals surface area contributed by atoms with Crippen molar-refractivity contribution in [2.75, 3.05) is 34.9 Å². The number of benzene rings is 1. The zero-order valence-corrected chi connectivity index (χ0v) is 11.3. The minimum atomic E-state index is 0.199. The van der Waals surface area contributed by atoms with Crippen molar-refractivity contribution in [2.45, 2.75) is 13.0 Å². The SMILES string of the molecule is CNCC(NC)c1cc(OC)c(C)cc1OC. The van der Waals surface area contributed by atoms with Gasteiger partial charge in [-0.3, -0.25) is 0 Å². The lowest BCUT2D eigenvalue weighted by atomic mass is 10.0. The van der Waals surface area contributed by atoms with E-state index in [0.29, 0.717) is 0 Å². The van der Waals surface area contributed by atoms with Crippen LogP contribution in [0.5, 0.6) is 11.5 Å². The van der Waals surface area contributed by atoms with Crippen molar-refractivity contribution >= 4 is 0 Å². The first-order valence-electron chi connectivity index (χ1n) is 5.72. The molecule has 17 heavy (non-hydrogen) atoms. The molecule has 1 rings (SSSR count). The fourth-order valence-corrected chi connectivity index (χ4v) is 1.92. The smallest absolute Gasteiger partial charge is 0.124 e. The molecular formula is C13H22N2O2. The summed E-state index contributed by atoms with van der Waals surface area (Å²) in [6.07, 6.45) is 0. The summed E-state index contributed by atoms with van der Waals surface area (Å²) in [6.45, 7) is 2.84. The fourth-order valence-electron chi connectivity index (χ4n) is 1.92. The van der Waals surface area contributed by atoms with Gasteiger partial charge in [0.25, 0.3) is 0 Å². The summed E-state index contributed by atoms with van der Waals surface area (Å²) in [4.78, 5) is 0. The summed E-state index contributed by atoms with van der Waals surface area (Å²) >= 11 is 0. The second kappa shape index (κ2) is 6.47. The second-order valence-corrected chi connectivity index (χ2v) is 3.96. The van der Waals surface area contributed by atoms with Crippen molar-refractivity contribution in [1.82, 2.24) is 10.6 Å². The third-order valence-electron chi connectivity index (χ3n) is 2.88. The maximum atomic E-state index is 5.43. The Bertz CT molecular complexity index is 367. The highest BCUT2D eigenvalue weighted by Crippen LogP contribution is 2.32. The van der Waals surface area contributed by atoms with E-state index < -0.39 is 0 Å². The molecule has 1 aromatic carbocycles. The highest BCUT2D eigenvalue weighted by atomic mass is 16.5. The van der Waals surface area contributed by atoms with Gasteiger partial charge in [0.15, 0.2) is 0 Å². The normalized spacial score (nSPS) is 12.3. The van der Waals surface area contributed by atoms with Gasteiger partial charge >= 0.3 is 0 Å². The van der Waals surface area contributed by atoms with E-state index in [1.807, 2.05) is 33.2 Å². The molecule has 2 N–H and O–H groups in total. The van der Waals surface area contributed by atoms with Gasteiger partial charge in [-0.1, -0.05) is 0 Å². The summed E-state index contributed by atoms with van der Waals surface area (Å²) in [5, 5.41) is 6.43. The third kappa shape index (κ3) is 3.11. The molecule has 1 unspecified atom stereocenters. The lowest BCUT2D eigenvalue weighted by molar-refractivity contribution is 0.388. The Hall–Kier alpha value is -1.26. The average molecular weight is 238 g/mol. The summed E-state index contributed by atoms with van der Waals surface area (Å²) < 4.78 is 10.8. The van der Waals surface area contributed by atoms with Crippen LogP contribution in [0.15, 0.2) is 12.1 Å². The molecule has 0 spiro atoms. The zero-order valence-electron chi connectivity index (χ0n) is 11.3. The molecule has 1 aromatic rings. The van der Waals surface area contributed by atoms with Crippen LogP contribution in [0.1, 0.15) is 17.2 Å². The Morgan fingerprint density at radius 3 is 2.24 bits per heavy atom. The third-order valence-corrected chi connectivity index (χ3v) is 2.88. The molecule has 0 aliphatic heterocycles. The van der Waals surface area contributed by atoms with Gasteiger partial charge in [-0.25, -0.2) is 0 Å². The molecule has 0 aliphatic carbocycles. The number of nitrogens with one attached hydrogen (secondary N) is 2. The molecule has 0 saturated heterocycles. The van der Waals surface area contributed by atoms with E-state index in [-0.39, 0.29) is 6.04 Å². The molecule has 96 valence electrons. The lowest BCUT2D eigenvalue weighted by Crippen LogP contribution is -2.27. The molecular weight excluding hydrogens is 216 g/mol. The topological polar surface area (TPSA) is 42.5 Å². The number of ether oxygens (including phenoxy) is 2. The van der Waals surface area contributed by atoms with Crippen LogP contribution in [0.4, 0.5) is 0 Å². The molecule has 4 nitrogen and oxygen atoms in total. The van der Waals surface area contributed by atoms with Gasteiger partial charge in [-0.2, -0.15) is 0 Å². The Morgan fingerprint density at radius 1 is 1.12 bits per heavy atom. The molecule has 0 amide bonds. The van der Waals surface area contributed by atoms with Gasteiger partial charge in [-0.15, -0.1) is 0 Å². The Balaban J connectivity index is 3.18. The van der Waals surface area contributed by atoms with E-state index in [9.17, 15) is 0 Å². The Morgan fingerprint density at radius 2 is 1.76 bits per heavy atom. The van der Waals surface area contributed by atoms with Crippen LogP contribution in [0.3, 0.4) is 0 Å². The van der Waals surface area contributed by atoms with Gasteiger partial charge in [0.2, 0.25) is 0 Å². The van der Waals surface area contributed by atoms with E-state index in [2.05, 4.69) is 10.6 Å². The van der Waals surface area contributed by atoms with Crippen molar-refractivity contribution in [3.8, 4) is 11.5 Å². The van der Waals surface area contributed by atoms with Gasteiger partial charge in [0.1, 0.15) is 11.5 Å². The number of aryl methyl sites for hydroxylation is 1. The van der Waals surface area contributed by atoms with E-state index >= 15 is 0 Å². The largest absolute Gasteiger partial charge is 0.496 e. The minimum Gasteiger partial charge on any atom is -0.496 e. The van der Waals surface area contributed by atoms with Gasteiger partial charge in [-0.05, 0) is 38.7 Å². The van der Waals surface area contributed by atoms with E-state index in [0.717, 1.165) is 29.2 Å². The van der Waals surface area contributed by atoms with E-state index in [4.69, 9.17) is 9.47 Å². The Kier molecular flexibility index (Phi) is 5.25. The number of hydrogen-bond acceptors (Lipinski definition) is 4. The molecule has 0 heterocycles. The highest BCUT2D eigenvalue weighted by molar-refractivity contribution is 5.47. The average Bonchev–Trinajstić information content (AvgIpc) is 2.35. The lowest BCUT2D eigenvalue weighted by Gasteiger charge is -2.20. The van der Waals surface area contributed by atoms with Crippen molar-refractivity contribution in [3.63, 3.8) is 0 Å². The monoisotopic (exact) mass is 238 g/mol. The second-order valence-electron chi connectivity index (χ2n) is 3.96. The van der Waals surface area contributed by atoms with Crippen molar-refractivity contribution in [1.29, 1.82) is 0 Å². The van der Waals surface area contributed by atoms with Crippen LogP contribution < -0.4 is 20.1 Å². The number of methoxy groups -OCH3 is 2. The molecule has 1 atom stereocenters. The first-order chi connectivity index (χ1) is 8.17. The van der Waals surface area contributed by atoms with E-state index in [1.54, 1.807) is 14.2 Å². The quantitative estimate of drug-likeness (QED) is 0.788. The first-order valence-corrected chi connectivity index (χ1v) is 5.72. The zero-order chi connectivity index (χ0) is 12.8. The van der Waals surface area contributed by atoms with Gasteiger partial charge in [0, 0.05) is 18.2 Å². The maximum absolute atomic E-state index is 5.43. The van der Waals surface area contributed by atoms with Crippen molar-refractivity contribution in [3.05, 3.63) is 23.3 Å². The van der Waals surface area contributed by atoms with Crippen molar-refractivity contribution in [2.24, 2.45) is 0 Å². The summed E-state index contributed by atoms with van der Waals surface area (Å²) in [7, 11) is 7.25. The predicted octanol–water partition coefficient (Wildman–Crippen LogP) is 1.49. The van der Waals surface area contributed by atoms with Crippen LogP contribution in [-0.4, -0.2) is 34.9 Å². The van der Waals surface area contributed by atoms with Gasteiger partial charge < -0.3 is 20.1 Å². The van der Waals surface area contributed by atoms with Crippen LogP contribution >= 0.6 is 0 Å². The summed E-state index contributed by atoms with van der Waals surface area (Å²) in [5.74, 6) is 1.77. The predicted molar refractivity (Wildman–Crippen MR) is 70.0 cm³/mol. The van der Waals surface area contributed by atoms with E-state index in [1.165, 1.54) is 0 Å². The van der Waals surface area contributed by atoms with Crippen molar-refractivity contribution < 1.29 is 9.47 Å². The van der Waals surface area contributed by atoms with Gasteiger partial charge in [0.05, 0.1) is 14.2 Å². The number of rotatable bonds is 6. The minimum absolute atomic E-state index is 0.199. The molecule has 0 radical (unpaired) electrons. The molecule has 0 fully saturated rings. The maximum Gasteiger partial charge on any atom is 0.124 e. The first kappa shape index (κ1) is 13.8. The van der Waals surface area contributed by atoms with Crippen LogP contribution in [0.25, 0.3) is 0 Å². The fraction of sp³-hybridized carbons (Fsp3) is 0.538. The molecule has 0 bridgehead atoms. The molecule has 4 heteroatoms. The highest BCUT2D eigenvalue weighted by Gasteiger charge is 2.16. The van der Waals surface area contributed by atoms with Crippen LogP contribution in [0, 0.1) is 6.92 Å². The Labute approximate surface area is 103 Å². The molecule has 0 saturated carbocycles. The number of likely N-dealkylation sites (N-methyl/N-ethyl adjacent to an activating group) is 2. The summed E-state index contributed by atoms with van der Waals surface area (Å²) in [5.41, 5.74) is 2.18. The van der Waals surface area contributed by atoms with Crippen LogP contribution in [0.2, 0.25) is 0 Å². The van der Waals surface area contributed by atoms with Crippen LogP contribution in [-0.2, 0) is 0 Å². The molecule has 0 aliphatic rings. The summed E-state index contributed by atoms with van der Waals surface area (Å²) in [6, 6.07) is 4.24. The number of hydrogen-bond donors (Lipinski definition) is 2. The standard InChI is InChI=1S/C13H22N2O2/c1-9-6-13(17-5)10(7-12(9)16-4)11(15-3)8-14-2/h6-7,11,14-15H,8H2,1-5H3. The molecule has 0 aromatic heterocycles.